The van der Waals surface area contributed by atoms with Crippen LogP contribution in [0.15, 0.2) is 17.1 Å². The fourth-order valence-corrected chi connectivity index (χ4v) is 3.68. The number of rotatable bonds is 8. The quantitative estimate of drug-likeness (QED) is 0.518. The first-order valence-corrected chi connectivity index (χ1v) is 8.66. The summed E-state index contributed by atoms with van der Waals surface area (Å²) in [7, 11) is 3.41. The standard InChI is InChI=1S/C13H22N2O6Si/c1-15-8-6-10(11(16)13(15)18)12(17)14-7-5-9-22(19-2,20-3)21-4/h6,8,16H,5,7,9H2,1-4H3,(H,14,17). The Morgan fingerprint density at radius 1 is 1.32 bits per heavy atom. The van der Waals surface area contributed by atoms with E-state index in [0.717, 1.165) is 0 Å². The van der Waals surface area contributed by atoms with Crippen molar-refractivity contribution in [2.75, 3.05) is 27.9 Å². The molecule has 1 aromatic heterocycles. The van der Waals surface area contributed by atoms with Crippen LogP contribution in [0.4, 0.5) is 0 Å². The third-order valence-electron chi connectivity index (χ3n) is 3.37. The van der Waals surface area contributed by atoms with Crippen LogP contribution < -0.4 is 10.9 Å². The van der Waals surface area contributed by atoms with Gasteiger partial charge in [0.1, 0.15) is 0 Å². The Kier molecular flexibility index (Phi) is 6.75. The Bertz CT molecular complexity index is 562. The zero-order valence-corrected chi connectivity index (χ0v) is 14.2. The topological polar surface area (TPSA) is 99.0 Å². The molecule has 1 aromatic rings. The minimum atomic E-state index is -2.65. The number of aromatic hydroxyl groups is 1. The summed E-state index contributed by atoms with van der Waals surface area (Å²) in [4.78, 5) is 23.5. The highest BCUT2D eigenvalue weighted by molar-refractivity contribution is 6.60. The number of nitrogens with one attached hydrogen (secondary N) is 1. The number of hydrogen-bond acceptors (Lipinski definition) is 6. The van der Waals surface area contributed by atoms with Crippen molar-refractivity contribution in [1.29, 1.82) is 0 Å². The summed E-state index contributed by atoms with van der Waals surface area (Å²) in [6.45, 7) is 0.346. The van der Waals surface area contributed by atoms with Crippen LogP contribution in [-0.4, -0.2) is 52.3 Å². The van der Waals surface area contributed by atoms with Gasteiger partial charge in [-0.2, -0.15) is 0 Å². The van der Waals surface area contributed by atoms with Crippen molar-refractivity contribution in [2.45, 2.75) is 12.5 Å². The van der Waals surface area contributed by atoms with E-state index in [1.165, 1.54) is 45.2 Å². The van der Waals surface area contributed by atoms with Crippen molar-refractivity contribution >= 4 is 14.7 Å². The van der Waals surface area contributed by atoms with E-state index in [9.17, 15) is 14.7 Å². The van der Waals surface area contributed by atoms with Gasteiger partial charge in [-0.25, -0.2) is 0 Å². The molecule has 8 nitrogen and oxygen atoms in total. The molecule has 0 aliphatic carbocycles. The average Bonchev–Trinajstić information content (AvgIpc) is 2.53. The van der Waals surface area contributed by atoms with Gasteiger partial charge in [0, 0.05) is 47.2 Å². The number of aromatic nitrogens is 1. The highest BCUT2D eigenvalue weighted by Crippen LogP contribution is 2.15. The molecule has 22 heavy (non-hydrogen) atoms. The second-order valence-corrected chi connectivity index (χ2v) is 7.74. The molecule has 0 fully saturated rings. The second-order valence-electron chi connectivity index (χ2n) is 4.65. The van der Waals surface area contributed by atoms with Crippen molar-refractivity contribution in [2.24, 2.45) is 7.05 Å². The average molecular weight is 330 g/mol. The lowest BCUT2D eigenvalue weighted by atomic mass is 10.2. The van der Waals surface area contributed by atoms with Crippen LogP contribution in [0.25, 0.3) is 0 Å². The summed E-state index contributed by atoms with van der Waals surface area (Å²) in [6, 6.07) is 1.93. The van der Waals surface area contributed by atoms with Crippen molar-refractivity contribution in [1.82, 2.24) is 9.88 Å². The summed E-state index contributed by atoms with van der Waals surface area (Å²) in [5.41, 5.74) is -0.658. The summed E-state index contributed by atoms with van der Waals surface area (Å²) in [5.74, 6) is -1.06. The predicted octanol–water partition coefficient (Wildman–Crippen LogP) is 0.0889. The molecule has 0 saturated heterocycles. The predicted molar refractivity (Wildman–Crippen MR) is 81.9 cm³/mol. The van der Waals surface area contributed by atoms with Crippen LogP contribution >= 0.6 is 0 Å². The monoisotopic (exact) mass is 330 g/mol. The molecule has 0 saturated carbocycles. The molecule has 0 unspecified atom stereocenters. The van der Waals surface area contributed by atoms with Gasteiger partial charge in [-0.1, -0.05) is 0 Å². The van der Waals surface area contributed by atoms with Crippen LogP contribution in [0.1, 0.15) is 16.8 Å². The van der Waals surface area contributed by atoms with Gasteiger partial charge in [0.25, 0.3) is 11.5 Å². The van der Waals surface area contributed by atoms with Gasteiger partial charge in [-0.15, -0.1) is 0 Å². The third-order valence-corrected chi connectivity index (χ3v) is 6.20. The molecule has 1 heterocycles. The lowest BCUT2D eigenvalue weighted by molar-refractivity contribution is 0.0946. The number of aryl methyl sites for hydroxylation is 1. The molecule has 9 heteroatoms. The smallest absolute Gasteiger partial charge is 0.500 e. The zero-order chi connectivity index (χ0) is 16.8. The van der Waals surface area contributed by atoms with Crippen molar-refractivity contribution < 1.29 is 23.2 Å². The van der Waals surface area contributed by atoms with Crippen LogP contribution in [0.5, 0.6) is 5.75 Å². The van der Waals surface area contributed by atoms with E-state index in [2.05, 4.69) is 5.32 Å². The summed E-state index contributed by atoms with van der Waals surface area (Å²) in [6.07, 6.45) is 2.01. The van der Waals surface area contributed by atoms with Gasteiger partial charge in [0.05, 0.1) is 5.56 Å². The van der Waals surface area contributed by atoms with Crippen LogP contribution in [-0.2, 0) is 20.3 Å². The van der Waals surface area contributed by atoms with Crippen LogP contribution in [0.3, 0.4) is 0 Å². The highest BCUT2D eigenvalue weighted by atomic mass is 28.4. The maximum Gasteiger partial charge on any atom is 0.500 e. The molecule has 0 bridgehead atoms. The fraction of sp³-hybridized carbons (Fsp3) is 0.538. The largest absolute Gasteiger partial charge is 0.502 e. The minimum Gasteiger partial charge on any atom is -0.502 e. The van der Waals surface area contributed by atoms with E-state index in [1.54, 1.807) is 0 Å². The van der Waals surface area contributed by atoms with Gasteiger partial charge in [0.2, 0.25) is 0 Å². The van der Waals surface area contributed by atoms with Crippen molar-refractivity contribution in [3.8, 4) is 5.75 Å². The second kappa shape index (κ2) is 8.08. The Morgan fingerprint density at radius 2 is 1.91 bits per heavy atom. The number of nitrogens with zero attached hydrogens (tertiary/aromatic N) is 1. The molecular weight excluding hydrogens is 308 g/mol. The molecule has 0 aliphatic rings. The highest BCUT2D eigenvalue weighted by Gasteiger charge is 2.36. The van der Waals surface area contributed by atoms with Gasteiger partial charge in [0.15, 0.2) is 5.75 Å². The number of carbonyl (C=O) groups excluding carboxylic acids is 1. The van der Waals surface area contributed by atoms with Gasteiger partial charge in [-0.05, 0) is 12.5 Å². The van der Waals surface area contributed by atoms with E-state index in [1.807, 2.05) is 0 Å². The van der Waals surface area contributed by atoms with E-state index < -0.39 is 26.0 Å². The molecule has 0 aliphatic heterocycles. The molecule has 124 valence electrons. The van der Waals surface area contributed by atoms with E-state index in [-0.39, 0.29) is 5.56 Å². The van der Waals surface area contributed by atoms with Crippen LogP contribution in [0.2, 0.25) is 6.04 Å². The number of carbonyl (C=O) groups is 1. The molecule has 2 N–H and O–H groups in total. The maximum atomic E-state index is 12.0. The van der Waals surface area contributed by atoms with Gasteiger partial charge >= 0.3 is 8.80 Å². The third kappa shape index (κ3) is 4.16. The van der Waals surface area contributed by atoms with E-state index in [4.69, 9.17) is 13.3 Å². The summed E-state index contributed by atoms with van der Waals surface area (Å²) < 4.78 is 17.0. The number of hydrogen-bond donors (Lipinski definition) is 2. The molecular formula is C13H22N2O6Si. The molecule has 1 rings (SSSR count). The SMILES string of the molecule is CO[Si](CCCNC(=O)c1ccn(C)c(=O)c1O)(OC)OC. The zero-order valence-electron chi connectivity index (χ0n) is 13.2. The first kappa shape index (κ1) is 18.4. The normalized spacial score (nSPS) is 11.5. The Labute approximate surface area is 130 Å². The lowest BCUT2D eigenvalue weighted by Crippen LogP contribution is -2.43. The first-order chi connectivity index (χ1) is 10.4. The van der Waals surface area contributed by atoms with Gasteiger partial charge < -0.3 is 28.3 Å². The van der Waals surface area contributed by atoms with Crippen LogP contribution in [0, 0.1) is 0 Å². The fourth-order valence-electron chi connectivity index (χ4n) is 1.96. The van der Waals surface area contributed by atoms with Crippen molar-refractivity contribution in [3.63, 3.8) is 0 Å². The molecule has 0 aromatic carbocycles. The Balaban J connectivity index is 2.58. The molecule has 0 spiro atoms. The van der Waals surface area contributed by atoms with Gasteiger partial charge in [-0.3, -0.25) is 9.59 Å². The van der Waals surface area contributed by atoms with Crippen molar-refractivity contribution in [3.05, 3.63) is 28.2 Å². The Morgan fingerprint density at radius 3 is 2.45 bits per heavy atom. The van der Waals surface area contributed by atoms with E-state index >= 15 is 0 Å². The molecule has 0 radical (unpaired) electrons. The lowest BCUT2D eigenvalue weighted by Gasteiger charge is -2.24. The first-order valence-electron chi connectivity index (χ1n) is 6.73. The maximum absolute atomic E-state index is 12.0. The summed E-state index contributed by atoms with van der Waals surface area (Å²) >= 11 is 0. The summed E-state index contributed by atoms with van der Waals surface area (Å²) in [5, 5.41) is 12.3. The van der Waals surface area contributed by atoms with E-state index in [0.29, 0.717) is 19.0 Å². The molecule has 0 atom stereocenters. The number of pyridine rings is 1. The Hall–Kier alpha value is -1.68. The molecule has 1 amide bonds. The minimum absolute atomic E-state index is 0.0446. The number of amides is 1.